The van der Waals surface area contributed by atoms with Gasteiger partial charge in [0.15, 0.2) is 0 Å². The van der Waals surface area contributed by atoms with Crippen molar-refractivity contribution in [1.29, 1.82) is 0 Å². The van der Waals surface area contributed by atoms with Crippen molar-refractivity contribution in [3.63, 3.8) is 0 Å². The lowest BCUT2D eigenvalue weighted by molar-refractivity contribution is 0.553. The summed E-state index contributed by atoms with van der Waals surface area (Å²) in [6, 6.07) is 13.6. The van der Waals surface area contributed by atoms with Crippen LogP contribution in [0.2, 0.25) is 0 Å². The van der Waals surface area contributed by atoms with Crippen molar-refractivity contribution in [2.24, 2.45) is 0 Å². The molecule has 0 saturated carbocycles. The van der Waals surface area contributed by atoms with Crippen molar-refractivity contribution in [1.82, 2.24) is 5.32 Å². The number of nitrogens with one attached hydrogen (secondary N) is 1. The number of rotatable bonds is 5. The Morgan fingerprint density at radius 3 is 2.10 bits per heavy atom. The Bertz CT molecular complexity index is 540. The van der Waals surface area contributed by atoms with E-state index < -0.39 is 0 Å². The van der Waals surface area contributed by atoms with Crippen molar-refractivity contribution in [3.05, 3.63) is 70.5 Å². The molecule has 0 heterocycles. The van der Waals surface area contributed by atoms with Crippen LogP contribution in [0.15, 0.2) is 42.5 Å². The first kappa shape index (κ1) is 14.7. The lowest BCUT2D eigenvalue weighted by Gasteiger charge is -2.19. The fraction of sp³-hybridized carbons (Fsp3) is 0.333. The Kier molecular flexibility index (Phi) is 4.91. The molecule has 2 heteroatoms. The third-order valence-electron chi connectivity index (χ3n) is 3.90. The maximum Gasteiger partial charge on any atom is 0.123 e. The molecule has 0 aliphatic heterocycles. The molecule has 0 amide bonds. The average Bonchev–Trinajstić information content (AvgIpc) is 2.44. The summed E-state index contributed by atoms with van der Waals surface area (Å²) in [4.78, 5) is 0. The van der Waals surface area contributed by atoms with Gasteiger partial charge in [0.2, 0.25) is 0 Å². The summed E-state index contributed by atoms with van der Waals surface area (Å²) in [7, 11) is 1.99. The molecular weight excluding hydrogens is 249 g/mol. The molecule has 106 valence electrons. The second-order valence-electron chi connectivity index (χ2n) is 5.39. The van der Waals surface area contributed by atoms with Gasteiger partial charge in [-0.25, -0.2) is 4.39 Å². The average molecular weight is 271 g/mol. The molecule has 1 nitrogen and oxygen atoms in total. The van der Waals surface area contributed by atoms with Gasteiger partial charge in [-0.15, -0.1) is 0 Å². The van der Waals surface area contributed by atoms with E-state index in [1.54, 1.807) is 0 Å². The molecule has 0 bridgehead atoms. The molecule has 0 aliphatic carbocycles. The third kappa shape index (κ3) is 3.67. The zero-order valence-corrected chi connectivity index (χ0v) is 12.4. The molecule has 2 rings (SSSR count). The van der Waals surface area contributed by atoms with E-state index >= 15 is 0 Å². The zero-order chi connectivity index (χ0) is 14.5. The lowest BCUT2D eigenvalue weighted by Crippen LogP contribution is -2.30. The predicted octanol–water partition coefficient (Wildman–Crippen LogP) is 3.82. The van der Waals surface area contributed by atoms with E-state index in [1.165, 1.54) is 28.8 Å². The van der Waals surface area contributed by atoms with Crippen LogP contribution in [0, 0.1) is 19.7 Å². The van der Waals surface area contributed by atoms with Gasteiger partial charge < -0.3 is 5.32 Å². The summed E-state index contributed by atoms with van der Waals surface area (Å²) in [5, 5.41) is 3.37. The van der Waals surface area contributed by atoms with E-state index in [2.05, 4.69) is 37.4 Å². The minimum atomic E-state index is -0.176. The number of aryl methyl sites for hydroxylation is 2. The number of halogens is 1. The van der Waals surface area contributed by atoms with Crippen LogP contribution < -0.4 is 5.32 Å². The van der Waals surface area contributed by atoms with E-state index in [4.69, 9.17) is 0 Å². The summed E-state index contributed by atoms with van der Waals surface area (Å²) in [5.74, 6) is -0.176. The van der Waals surface area contributed by atoms with Crippen LogP contribution >= 0.6 is 0 Å². The van der Waals surface area contributed by atoms with E-state index in [1.807, 2.05) is 19.2 Å². The maximum atomic E-state index is 12.9. The number of hydrogen-bond acceptors (Lipinski definition) is 1. The van der Waals surface area contributed by atoms with Crippen molar-refractivity contribution in [2.45, 2.75) is 32.7 Å². The Hall–Kier alpha value is -1.67. The molecule has 1 N–H and O–H groups in total. The minimum Gasteiger partial charge on any atom is -0.316 e. The topological polar surface area (TPSA) is 12.0 Å². The van der Waals surface area contributed by atoms with Gasteiger partial charge in [-0.05, 0) is 68.1 Å². The van der Waals surface area contributed by atoms with Crippen LogP contribution in [0.3, 0.4) is 0 Å². The maximum absolute atomic E-state index is 12.9. The summed E-state index contributed by atoms with van der Waals surface area (Å²) < 4.78 is 12.9. The number of likely N-dealkylation sites (N-methyl/N-ethyl adjacent to an activating group) is 1. The van der Waals surface area contributed by atoms with Crippen LogP contribution in [0.1, 0.15) is 22.3 Å². The molecule has 0 radical (unpaired) electrons. The van der Waals surface area contributed by atoms with Gasteiger partial charge in [-0.1, -0.05) is 30.3 Å². The first-order valence-corrected chi connectivity index (χ1v) is 7.07. The predicted molar refractivity (Wildman–Crippen MR) is 82.6 cm³/mol. The van der Waals surface area contributed by atoms with Gasteiger partial charge in [0.25, 0.3) is 0 Å². The van der Waals surface area contributed by atoms with Crippen LogP contribution in [-0.4, -0.2) is 13.1 Å². The summed E-state index contributed by atoms with van der Waals surface area (Å²) in [6.45, 7) is 4.32. The first-order chi connectivity index (χ1) is 9.60. The fourth-order valence-corrected chi connectivity index (χ4v) is 2.60. The summed E-state index contributed by atoms with van der Waals surface area (Å²) >= 11 is 0. The number of benzene rings is 2. The van der Waals surface area contributed by atoms with Gasteiger partial charge in [0.1, 0.15) is 5.82 Å². The van der Waals surface area contributed by atoms with E-state index in [0.29, 0.717) is 6.04 Å². The molecule has 2 aromatic carbocycles. The Balaban J connectivity index is 2.11. The molecule has 0 fully saturated rings. The minimum absolute atomic E-state index is 0.176. The highest BCUT2D eigenvalue weighted by Gasteiger charge is 2.11. The van der Waals surface area contributed by atoms with Crippen LogP contribution in [0.4, 0.5) is 4.39 Å². The zero-order valence-electron chi connectivity index (χ0n) is 12.4. The summed E-state index contributed by atoms with van der Waals surface area (Å²) in [6.07, 6.45) is 1.90. The second-order valence-corrected chi connectivity index (χ2v) is 5.39. The molecule has 2 aromatic rings. The SMILES string of the molecule is CNC(Cc1ccc(F)cc1)Cc1c(C)cccc1C. The number of hydrogen-bond donors (Lipinski definition) is 1. The largest absolute Gasteiger partial charge is 0.316 e. The standard InChI is InChI=1S/C18H22FN/c1-13-5-4-6-14(2)18(13)12-17(20-3)11-15-7-9-16(19)10-8-15/h4-10,17,20H,11-12H2,1-3H3. The van der Waals surface area contributed by atoms with Gasteiger partial charge in [-0.3, -0.25) is 0 Å². The molecule has 1 unspecified atom stereocenters. The normalized spacial score (nSPS) is 12.4. The Morgan fingerprint density at radius 2 is 1.55 bits per heavy atom. The van der Waals surface area contributed by atoms with Gasteiger partial charge in [0, 0.05) is 6.04 Å². The van der Waals surface area contributed by atoms with Gasteiger partial charge >= 0.3 is 0 Å². The lowest BCUT2D eigenvalue weighted by atomic mass is 9.93. The molecule has 0 aliphatic rings. The molecule has 0 saturated heterocycles. The fourth-order valence-electron chi connectivity index (χ4n) is 2.60. The Morgan fingerprint density at radius 1 is 0.950 bits per heavy atom. The van der Waals surface area contributed by atoms with Gasteiger partial charge in [0.05, 0.1) is 0 Å². The molecular formula is C18H22FN. The van der Waals surface area contributed by atoms with E-state index in [9.17, 15) is 4.39 Å². The highest BCUT2D eigenvalue weighted by Crippen LogP contribution is 2.17. The van der Waals surface area contributed by atoms with Crippen molar-refractivity contribution in [3.8, 4) is 0 Å². The smallest absolute Gasteiger partial charge is 0.123 e. The summed E-state index contributed by atoms with van der Waals surface area (Å²) in [5.41, 5.74) is 5.25. The molecule has 0 spiro atoms. The third-order valence-corrected chi connectivity index (χ3v) is 3.90. The van der Waals surface area contributed by atoms with E-state index in [0.717, 1.165) is 18.4 Å². The monoisotopic (exact) mass is 271 g/mol. The molecule has 1 atom stereocenters. The van der Waals surface area contributed by atoms with Crippen molar-refractivity contribution >= 4 is 0 Å². The second kappa shape index (κ2) is 6.67. The molecule has 0 aromatic heterocycles. The van der Waals surface area contributed by atoms with Crippen LogP contribution in [0.5, 0.6) is 0 Å². The molecule has 20 heavy (non-hydrogen) atoms. The van der Waals surface area contributed by atoms with Crippen molar-refractivity contribution in [2.75, 3.05) is 7.05 Å². The highest BCUT2D eigenvalue weighted by molar-refractivity contribution is 5.34. The van der Waals surface area contributed by atoms with E-state index in [-0.39, 0.29) is 5.82 Å². The quantitative estimate of drug-likeness (QED) is 0.872. The Labute approximate surface area is 120 Å². The highest BCUT2D eigenvalue weighted by atomic mass is 19.1. The van der Waals surface area contributed by atoms with Crippen LogP contribution in [-0.2, 0) is 12.8 Å². The van der Waals surface area contributed by atoms with Crippen molar-refractivity contribution < 1.29 is 4.39 Å². The van der Waals surface area contributed by atoms with Crippen LogP contribution in [0.25, 0.3) is 0 Å². The first-order valence-electron chi connectivity index (χ1n) is 7.07. The van der Waals surface area contributed by atoms with Gasteiger partial charge in [-0.2, -0.15) is 0 Å².